The molecular weight excluding hydrogens is 240 g/mol. The lowest BCUT2D eigenvalue weighted by Gasteiger charge is -2.50. The van der Waals surface area contributed by atoms with Crippen molar-refractivity contribution in [3.63, 3.8) is 0 Å². The number of carbonyl (C=O) groups excluding carboxylic acids is 1. The quantitative estimate of drug-likeness (QED) is 0.701. The highest BCUT2D eigenvalue weighted by atomic mass is 16.6. The van der Waals surface area contributed by atoms with Crippen LogP contribution in [0.5, 0.6) is 0 Å². The Labute approximate surface area is 115 Å². The molecule has 2 N–H and O–H groups in total. The van der Waals surface area contributed by atoms with Gasteiger partial charge in [0.05, 0.1) is 6.42 Å². The normalized spacial score (nSPS) is 39.3. The summed E-state index contributed by atoms with van der Waals surface area (Å²) in [6, 6.07) is 0. The molecule has 2 spiro atoms. The van der Waals surface area contributed by atoms with Crippen molar-refractivity contribution in [1.29, 1.82) is 0 Å². The van der Waals surface area contributed by atoms with E-state index in [4.69, 9.17) is 4.74 Å². The first-order valence-electron chi connectivity index (χ1n) is 7.44. The summed E-state index contributed by atoms with van der Waals surface area (Å²) in [5.41, 5.74) is -1.08. The monoisotopic (exact) mass is 266 g/mol. The largest absolute Gasteiger partial charge is 0.346 e. The predicted octanol–water partition coefficient (Wildman–Crippen LogP) is 1.73. The molecule has 3 saturated heterocycles. The molecule has 0 radical (unpaired) electrons. The molecular formula is C15H26N2O2. The molecule has 1 atom stereocenters. The lowest BCUT2D eigenvalue weighted by atomic mass is 9.71. The second kappa shape index (κ2) is 3.80. The summed E-state index contributed by atoms with van der Waals surface area (Å²) in [6.45, 7) is 9.63. The molecule has 19 heavy (non-hydrogen) atoms. The maximum Gasteiger partial charge on any atom is 0.169 e. The number of hydrogen-bond donors (Lipinski definition) is 2. The van der Waals surface area contributed by atoms with Crippen LogP contribution in [-0.4, -0.2) is 34.7 Å². The van der Waals surface area contributed by atoms with Gasteiger partial charge < -0.3 is 10.1 Å². The van der Waals surface area contributed by atoms with Crippen LogP contribution in [0.4, 0.5) is 0 Å². The number of ether oxygens (including phenoxy) is 1. The fourth-order valence-electron chi connectivity index (χ4n) is 4.67. The van der Waals surface area contributed by atoms with E-state index >= 15 is 0 Å². The minimum Gasteiger partial charge on any atom is -0.346 e. The van der Waals surface area contributed by atoms with Crippen LogP contribution in [0.1, 0.15) is 59.8 Å². The summed E-state index contributed by atoms with van der Waals surface area (Å²) in [4.78, 5) is 12.7. The Kier molecular flexibility index (Phi) is 2.71. The molecule has 0 amide bonds. The van der Waals surface area contributed by atoms with Crippen LogP contribution in [0.2, 0.25) is 0 Å². The van der Waals surface area contributed by atoms with Gasteiger partial charge in [-0.05, 0) is 47.1 Å². The van der Waals surface area contributed by atoms with Crippen LogP contribution in [0.3, 0.4) is 0 Å². The highest BCUT2D eigenvalue weighted by molar-refractivity contribution is 5.90. The lowest BCUT2D eigenvalue weighted by Crippen LogP contribution is -2.65. The predicted molar refractivity (Wildman–Crippen MR) is 73.9 cm³/mol. The zero-order chi connectivity index (χ0) is 13.9. The van der Waals surface area contributed by atoms with Gasteiger partial charge in [-0.2, -0.15) is 0 Å². The van der Waals surface area contributed by atoms with Crippen LogP contribution in [0.15, 0.2) is 0 Å². The van der Waals surface area contributed by atoms with Crippen LogP contribution in [-0.2, 0) is 9.53 Å². The second-order valence-corrected chi connectivity index (χ2v) is 7.97. The molecule has 0 aromatic heterocycles. The molecule has 0 saturated carbocycles. The van der Waals surface area contributed by atoms with Crippen molar-refractivity contribution in [2.45, 2.75) is 82.2 Å². The van der Waals surface area contributed by atoms with Crippen molar-refractivity contribution in [3.05, 3.63) is 0 Å². The maximum absolute atomic E-state index is 12.7. The fraction of sp³-hybridized carbons (Fsp3) is 0.933. The van der Waals surface area contributed by atoms with Gasteiger partial charge >= 0.3 is 0 Å². The Morgan fingerprint density at radius 3 is 2.26 bits per heavy atom. The van der Waals surface area contributed by atoms with Gasteiger partial charge in [-0.25, -0.2) is 0 Å². The van der Waals surface area contributed by atoms with E-state index < -0.39 is 5.60 Å². The minimum atomic E-state index is -0.588. The Morgan fingerprint density at radius 1 is 1.11 bits per heavy atom. The van der Waals surface area contributed by atoms with E-state index in [2.05, 4.69) is 38.3 Å². The summed E-state index contributed by atoms with van der Waals surface area (Å²) >= 11 is 0. The Bertz CT molecular complexity index is 392. The van der Waals surface area contributed by atoms with Gasteiger partial charge in [-0.15, -0.1) is 0 Å². The summed E-state index contributed by atoms with van der Waals surface area (Å²) in [7, 11) is 0. The first-order chi connectivity index (χ1) is 8.66. The van der Waals surface area contributed by atoms with Crippen LogP contribution >= 0.6 is 0 Å². The zero-order valence-electron chi connectivity index (χ0n) is 12.6. The number of ketones is 1. The number of Topliss-reactive ketones (excluding diaryl/α,β-unsaturated/α-hetero) is 1. The van der Waals surface area contributed by atoms with Gasteiger partial charge in [0.25, 0.3) is 0 Å². The van der Waals surface area contributed by atoms with Gasteiger partial charge in [0, 0.05) is 23.9 Å². The number of piperidine rings is 1. The third-order valence-electron chi connectivity index (χ3n) is 4.68. The SMILES string of the molecule is CC1(C)CC2(CC(C)(C)N1)OC1(CCCN1)CC2=O. The lowest BCUT2D eigenvalue weighted by molar-refractivity contribution is -0.163. The number of nitrogens with one attached hydrogen (secondary N) is 2. The smallest absolute Gasteiger partial charge is 0.169 e. The highest BCUT2D eigenvalue weighted by Gasteiger charge is 2.61. The number of hydrogen-bond acceptors (Lipinski definition) is 4. The topological polar surface area (TPSA) is 50.4 Å². The van der Waals surface area contributed by atoms with Crippen molar-refractivity contribution in [2.75, 3.05) is 6.54 Å². The molecule has 3 aliphatic rings. The Hall–Kier alpha value is -0.450. The molecule has 3 rings (SSSR count). The Morgan fingerprint density at radius 2 is 1.74 bits per heavy atom. The van der Waals surface area contributed by atoms with Crippen molar-refractivity contribution in [2.24, 2.45) is 0 Å². The van der Waals surface area contributed by atoms with Crippen molar-refractivity contribution >= 4 is 5.78 Å². The molecule has 0 bridgehead atoms. The molecule has 3 aliphatic heterocycles. The van der Waals surface area contributed by atoms with E-state index in [1.165, 1.54) is 0 Å². The fourth-order valence-corrected chi connectivity index (χ4v) is 4.67. The molecule has 4 nitrogen and oxygen atoms in total. The van der Waals surface area contributed by atoms with Gasteiger partial charge in [-0.1, -0.05) is 0 Å². The average Bonchev–Trinajstić information content (AvgIpc) is 2.69. The van der Waals surface area contributed by atoms with Crippen molar-refractivity contribution in [1.82, 2.24) is 10.6 Å². The summed E-state index contributed by atoms with van der Waals surface area (Å²) in [5.74, 6) is 0.296. The van der Waals surface area contributed by atoms with E-state index in [9.17, 15) is 4.79 Å². The summed E-state index contributed by atoms with van der Waals surface area (Å²) < 4.78 is 6.42. The van der Waals surface area contributed by atoms with Gasteiger partial charge in [0.15, 0.2) is 5.78 Å². The first kappa shape index (κ1) is 13.5. The standard InChI is InChI=1S/C15H26N2O2/c1-12(2)9-14(10-13(3,4)17-12)11(18)8-15(19-14)6-5-7-16-15/h16-17H,5-10H2,1-4H3. The second-order valence-electron chi connectivity index (χ2n) is 7.97. The number of rotatable bonds is 0. The third-order valence-corrected chi connectivity index (χ3v) is 4.68. The molecule has 1 unspecified atom stereocenters. The minimum absolute atomic E-state index is 0.0679. The van der Waals surface area contributed by atoms with E-state index in [0.29, 0.717) is 12.2 Å². The molecule has 3 fully saturated rings. The molecule has 0 aliphatic carbocycles. The van der Waals surface area contributed by atoms with Gasteiger partial charge in [-0.3, -0.25) is 10.1 Å². The zero-order valence-corrected chi connectivity index (χ0v) is 12.6. The van der Waals surface area contributed by atoms with E-state index in [1.807, 2.05) is 0 Å². The van der Waals surface area contributed by atoms with Crippen molar-refractivity contribution < 1.29 is 9.53 Å². The summed E-state index contributed by atoms with van der Waals surface area (Å²) in [6.07, 6.45) is 4.15. The van der Waals surface area contributed by atoms with E-state index in [-0.39, 0.29) is 16.8 Å². The van der Waals surface area contributed by atoms with Crippen LogP contribution in [0.25, 0.3) is 0 Å². The van der Waals surface area contributed by atoms with Crippen molar-refractivity contribution in [3.8, 4) is 0 Å². The molecule has 0 aromatic rings. The first-order valence-corrected chi connectivity index (χ1v) is 7.44. The van der Waals surface area contributed by atoms with Gasteiger partial charge in [0.2, 0.25) is 0 Å². The van der Waals surface area contributed by atoms with Gasteiger partial charge in [0.1, 0.15) is 11.3 Å². The van der Waals surface area contributed by atoms with E-state index in [0.717, 1.165) is 32.2 Å². The Balaban J connectivity index is 1.92. The molecule has 108 valence electrons. The molecule has 4 heteroatoms. The van der Waals surface area contributed by atoms with Crippen LogP contribution < -0.4 is 10.6 Å². The number of carbonyl (C=O) groups is 1. The summed E-state index contributed by atoms with van der Waals surface area (Å²) in [5, 5.41) is 7.06. The average molecular weight is 266 g/mol. The van der Waals surface area contributed by atoms with Crippen LogP contribution in [0, 0.1) is 0 Å². The van der Waals surface area contributed by atoms with E-state index in [1.54, 1.807) is 0 Å². The third kappa shape index (κ3) is 2.24. The maximum atomic E-state index is 12.7. The highest BCUT2D eigenvalue weighted by Crippen LogP contribution is 2.48. The molecule has 0 aromatic carbocycles. The molecule has 3 heterocycles.